The van der Waals surface area contributed by atoms with Crippen molar-refractivity contribution >= 4 is 78.8 Å². The first-order valence-electron chi connectivity index (χ1n) is 24.4. The normalized spacial score (nSPS) is 14.9. The predicted molar refractivity (Wildman–Crippen MR) is 269 cm³/mol. The number of rotatable bonds is 34. The Bertz CT molecular complexity index is 2290. The Morgan fingerprint density at radius 2 is 0.868 bits per heavy atom. The van der Waals surface area contributed by atoms with Gasteiger partial charge >= 0.3 is 19.8 Å². The van der Waals surface area contributed by atoms with Crippen molar-refractivity contribution in [2.75, 3.05) is 0 Å². The molecule has 16 N–H and O–H groups in total. The molecule has 0 bridgehead atoms. The summed E-state index contributed by atoms with van der Waals surface area (Å²) in [5, 5.41) is 38.5. The second kappa shape index (κ2) is 31.6. The van der Waals surface area contributed by atoms with E-state index in [1.165, 1.54) is 19.1 Å². The zero-order chi connectivity index (χ0) is 58.4. The maximum Gasteiger partial charge on any atom is 0.524 e. The van der Waals surface area contributed by atoms with Gasteiger partial charge in [-0.3, -0.25) is 67.3 Å². The van der Waals surface area contributed by atoms with Crippen LogP contribution in [0.1, 0.15) is 113 Å². The summed E-state index contributed by atoms with van der Waals surface area (Å²) in [4.78, 5) is 176. The molecule has 1 aromatic rings. The van der Waals surface area contributed by atoms with Gasteiger partial charge in [-0.05, 0) is 60.6 Å². The number of phosphoric ester groups is 1. The summed E-state index contributed by atoms with van der Waals surface area (Å²) in [5.41, 5.74) is 11.1. The Balaban J connectivity index is 3.70. The number of primary amides is 2. The van der Waals surface area contributed by atoms with E-state index in [-0.39, 0.29) is 54.7 Å². The first-order valence-corrected chi connectivity index (χ1v) is 25.9. The number of nitrogens with one attached hydrogen (secondary N) is 8. The molecule has 0 saturated heterocycles. The van der Waals surface area contributed by atoms with Crippen LogP contribution in [0.15, 0.2) is 24.3 Å². The SMILES string of the molecule is CC[C@H](C)[C@H](NC(=O)[C@H](Cc1ccc(OP(=O)(O)O)cc1)NC(=O)[C@H](CC(N)=O)NC(=O)[C@H](CC(C)C)NC(C)=O)C(=O)N[C@@H](CC(=O)O)C(=O)N[C@@H](CC(C)C)C(=O)N[C@@H](CC(=O)O)C(=O)N[C@@H](CC(C)C)C(N)=O. The number of phosphoric acid groups is 1. The average molecular weight is 1100 g/mol. The number of amides is 10. The highest BCUT2D eigenvalue weighted by atomic mass is 31.2. The second-order valence-corrected chi connectivity index (χ2v) is 20.7. The summed E-state index contributed by atoms with van der Waals surface area (Å²) in [6, 6.07) is -7.95. The summed E-state index contributed by atoms with van der Waals surface area (Å²) in [7, 11) is -5.00. The molecule has 10 amide bonds. The Morgan fingerprint density at radius 3 is 1.25 bits per heavy atom. The van der Waals surface area contributed by atoms with E-state index in [4.69, 9.17) is 11.5 Å². The highest BCUT2D eigenvalue weighted by molar-refractivity contribution is 7.46. The van der Waals surface area contributed by atoms with Crippen molar-refractivity contribution in [1.82, 2.24) is 42.5 Å². The van der Waals surface area contributed by atoms with Gasteiger partial charge in [0.05, 0.1) is 19.3 Å². The fraction of sp³-hybridized carbons (Fsp3) is 0.617. The quantitative estimate of drug-likeness (QED) is 0.0335. The minimum Gasteiger partial charge on any atom is -0.481 e. The van der Waals surface area contributed by atoms with Crippen molar-refractivity contribution in [3.8, 4) is 5.75 Å². The van der Waals surface area contributed by atoms with Crippen LogP contribution in [-0.2, 0) is 68.5 Å². The summed E-state index contributed by atoms with van der Waals surface area (Å²) < 4.78 is 16.0. The lowest BCUT2D eigenvalue weighted by molar-refractivity contribution is -0.142. The number of nitrogens with two attached hydrogens (primary N) is 2. The first-order chi connectivity index (χ1) is 35.1. The molecule has 426 valence electrons. The standard InChI is InChI=1S/C47H75N10O18P/c1-10-25(8)39(47(71)56-35(21-38(62)63)45(69)52-31(17-24(6)7)42(66)55-34(20-37(60)61)44(68)51-29(40(49)64)15-22(2)3)57-46(70)32(18-27-11-13-28(14-12-27)75-76(72,73)74)53-43(67)33(19-36(48)59)54-41(65)30(16-23(4)5)50-26(9)58/h11-14,22-25,29-35,39H,10,15-21H2,1-9H3,(H2,48,59)(H2,49,64)(H,50,58)(H,51,68)(H,52,69)(H,53,67)(H,54,65)(H,55,66)(H,56,71)(H,57,70)(H,60,61)(H,62,63)(H2,72,73,74)/t25-,29-,30-,31-,32-,33-,34-,35-,39-/m0/s1. The molecule has 9 atom stereocenters. The van der Waals surface area contributed by atoms with Gasteiger partial charge in [0.25, 0.3) is 0 Å². The van der Waals surface area contributed by atoms with Crippen LogP contribution in [0.2, 0.25) is 0 Å². The van der Waals surface area contributed by atoms with Crippen LogP contribution >= 0.6 is 7.82 Å². The molecule has 0 unspecified atom stereocenters. The molecule has 29 heteroatoms. The molecule has 0 aromatic heterocycles. The Hall–Kier alpha value is -7.19. The van der Waals surface area contributed by atoms with Gasteiger partial charge in [0.15, 0.2) is 0 Å². The summed E-state index contributed by atoms with van der Waals surface area (Å²) in [6.07, 6.45) is -3.12. The monoisotopic (exact) mass is 1100 g/mol. The topological polar surface area (TPSA) is 460 Å². The second-order valence-electron chi connectivity index (χ2n) is 19.6. The lowest BCUT2D eigenvalue weighted by Crippen LogP contribution is -2.62. The fourth-order valence-electron chi connectivity index (χ4n) is 7.39. The van der Waals surface area contributed by atoms with Crippen molar-refractivity contribution in [3.05, 3.63) is 29.8 Å². The molecule has 0 aliphatic rings. The molecule has 1 aromatic carbocycles. The highest BCUT2D eigenvalue weighted by Crippen LogP contribution is 2.37. The smallest absolute Gasteiger partial charge is 0.481 e. The van der Waals surface area contributed by atoms with Crippen LogP contribution in [0.4, 0.5) is 0 Å². The number of hydrogen-bond donors (Lipinski definition) is 14. The lowest BCUT2D eigenvalue weighted by Gasteiger charge is -2.30. The molecule has 0 aliphatic carbocycles. The summed E-state index contributed by atoms with van der Waals surface area (Å²) in [5.74, 6) is -15.1. The van der Waals surface area contributed by atoms with Gasteiger partial charge in [0.2, 0.25) is 59.1 Å². The molecular formula is C47H75N10O18P. The van der Waals surface area contributed by atoms with Crippen molar-refractivity contribution in [1.29, 1.82) is 0 Å². The number of benzene rings is 1. The van der Waals surface area contributed by atoms with E-state index in [2.05, 4.69) is 47.1 Å². The first kappa shape index (κ1) is 66.8. The lowest BCUT2D eigenvalue weighted by atomic mass is 9.96. The third kappa shape index (κ3) is 25.8. The van der Waals surface area contributed by atoms with Crippen LogP contribution < -0.4 is 58.5 Å². The summed E-state index contributed by atoms with van der Waals surface area (Å²) in [6.45, 7) is 14.6. The van der Waals surface area contributed by atoms with Crippen LogP contribution in [0.25, 0.3) is 0 Å². The van der Waals surface area contributed by atoms with Gasteiger partial charge in [0, 0.05) is 13.3 Å². The number of hydrogen-bond acceptors (Lipinski definition) is 14. The van der Waals surface area contributed by atoms with Crippen molar-refractivity contribution in [3.63, 3.8) is 0 Å². The van der Waals surface area contributed by atoms with E-state index in [1.54, 1.807) is 48.5 Å². The number of aliphatic carboxylic acids is 2. The Labute approximate surface area is 439 Å². The van der Waals surface area contributed by atoms with Gasteiger partial charge in [-0.15, -0.1) is 0 Å². The third-order valence-electron chi connectivity index (χ3n) is 11.2. The van der Waals surface area contributed by atoms with Gasteiger partial charge in [0.1, 0.15) is 54.1 Å². The van der Waals surface area contributed by atoms with Gasteiger partial charge in [-0.1, -0.05) is 73.9 Å². The van der Waals surface area contributed by atoms with E-state index >= 15 is 0 Å². The number of carboxylic acid groups (broad SMARTS) is 2. The number of carbonyl (C=O) groups is 12. The Morgan fingerprint density at radius 1 is 0.513 bits per heavy atom. The number of carboxylic acids is 2. The molecule has 0 heterocycles. The Kier molecular flexibility index (Phi) is 27.8. The predicted octanol–water partition coefficient (Wildman–Crippen LogP) is -1.91. The van der Waals surface area contributed by atoms with Crippen LogP contribution in [0.3, 0.4) is 0 Å². The van der Waals surface area contributed by atoms with Crippen molar-refractivity contribution in [2.45, 2.75) is 162 Å². The minimum atomic E-state index is -5.00. The van der Waals surface area contributed by atoms with Crippen molar-refractivity contribution < 1.29 is 86.6 Å². The van der Waals surface area contributed by atoms with Gasteiger partial charge in [-0.2, -0.15) is 0 Å². The molecule has 1 rings (SSSR count). The van der Waals surface area contributed by atoms with E-state index < -0.39 is 159 Å². The average Bonchev–Trinajstić information content (AvgIpc) is 3.27. The third-order valence-corrected chi connectivity index (χ3v) is 11.6. The molecule has 0 radical (unpaired) electrons. The van der Waals surface area contributed by atoms with E-state index in [0.717, 1.165) is 19.1 Å². The molecule has 0 fully saturated rings. The van der Waals surface area contributed by atoms with E-state index in [1.807, 2.05) is 0 Å². The molecule has 0 spiro atoms. The molecule has 0 aliphatic heterocycles. The molecule has 76 heavy (non-hydrogen) atoms. The maximum atomic E-state index is 14.4. The number of carbonyl (C=O) groups excluding carboxylic acids is 10. The van der Waals surface area contributed by atoms with E-state index in [0.29, 0.717) is 0 Å². The van der Waals surface area contributed by atoms with Crippen LogP contribution in [0, 0.1) is 23.7 Å². The molecule has 0 saturated carbocycles. The van der Waals surface area contributed by atoms with Crippen LogP contribution in [-0.4, -0.2) is 139 Å². The highest BCUT2D eigenvalue weighted by Gasteiger charge is 2.37. The zero-order valence-electron chi connectivity index (χ0n) is 44.0. The van der Waals surface area contributed by atoms with Crippen molar-refractivity contribution in [2.24, 2.45) is 35.1 Å². The molecular weight excluding hydrogens is 1020 g/mol. The van der Waals surface area contributed by atoms with Gasteiger partial charge < -0.3 is 68.7 Å². The maximum absolute atomic E-state index is 14.4. The minimum absolute atomic E-state index is 0.0779. The fourth-order valence-corrected chi connectivity index (χ4v) is 7.79. The van der Waals surface area contributed by atoms with E-state index in [9.17, 15) is 82.1 Å². The van der Waals surface area contributed by atoms with Gasteiger partial charge in [-0.25, -0.2) is 4.57 Å². The van der Waals surface area contributed by atoms with Crippen LogP contribution in [0.5, 0.6) is 5.75 Å². The summed E-state index contributed by atoms with van der Waals surface area (Å²) >= 11 is 0. The largest absolute Gasteiger partial charge is 0.524 e. The molecule has 28 nitrogen and oxygen atoms in total. The zero-order valence-corrected chi connectivity index (χ0v) is 44.9.